The van der Waals surface area contributed by atoms with Crippen molar-refractivity contribution in [3.05, 3.63) is 23.5 Å². The second-order valence-electron chi connectivity index (χ2n) is 11.5. The molecule has 0 bridgehead atoms. The van der Waals surface area contributed by atoms with Gasteiger partial charge in [-0.25, -0.2) is 4.68 Å². The minimum atomic E-state index is -0.0365. The molecule has 0 N–H and O–H groups in total. The van der Waals surface area contributed by atoms with E-state index >= 15 is 0 Å². The highest BCUT2D eigenvalue weighted by molar-refractivity contribution is 5.96. The Hall–Kier alpha value is -2.02. The van der Waals surface area contributed by atoms with Crippen LogP contribution in [0.25, 0.3) is 0 Å². The van der Waals surface area contributed by atoms with E-state index in [1.54, 1.807) is 5.57 Å². The molecule has 3 fully saturated rings. The van der Waals surface area contributed by atoms with Gasteiger partial charge in [-0.1, -0.05) is 29.8 Å². The number of rotatable bonds is 6. The number of Topliss-reactive ketones (excluding diaryl/α,β-unsaturated/α-hetero) is 1. The minimum Gasteiger partial charge on any atom is -0.394 e. The van der Waals surface area contributed by atoms with Crippen molar-refractivity contribution in [1.82, 2.24) is 19.9 Å². The summed E-state index contributed by atoms with van der Waals surface area (Å²) in [6.45, 7) is 6.68. The molecule has 7 nitrogen and oxygen atoms in total. The fourth-order valence-electron chi connectivity index (χ4n) is 7.52. The molecule has 0 amide bonds. The van der Waals surface area contributed by atoms with Crippen molar-refractivity contribution >= 4 is 11.5 Å². The van der Waals surface area contributed by atoms with Gasteiger partial charge in [-0.2, -0.15) is 0 Å². The summed E-state index contributed by atoms with van der Waals surface area (Å²) in [5.74, 6) is 2.57. The summed E-state index contributed by atoms with van der Waals surface area (Å²) in [6, 6.07) is 0. The van der Waals surface area contributed by atoms with Crippen molar-refractivity contribution in [2.75, 3.05) is 20.7 Å². The van der Waals surface area contributed by atoms with Crippen molar-refractivity contribution < 1.29 is 9.63 Å². The van der Waals surface area contributed by atoms with Crippen LogP contribution in [0.1, 0.15) is 70.9 Å². The molecule has 5 rings (SSSR count). The number of hydrogen-bond donors (Lipinski definition) is 0. The Kier molecular flexibility index (Phi) is 5.96. The fourth-order valence-corrected chi connectivity index (χ4v) is 7.52. The zero-order valence-electron chi connectivity index (χ0n) is 20.7. The number of carbonyl (C=O) groups is 1. The lowest BCUT2D eigenvalue weighted by Gasteiger charge is -2.57. The van der Waals surface area contributed by atoms with Crippen LogP contribution < -0.4 is 0 Å². The van der Waals surface area contributed by atoms with Crippen LogP contribution >= 0.6 is 0 Å². The summed E-state index contributed by atoms with van der Waals surface area (Å²) in [4.78, 5) is 20.4. The van der Waals surface area contributed by atoms with Gasteiger partial charge in [0.05, 0.1) is 18.0 Å². The predicted molar refractivity (Wildman–Crippen MR) is 128 cm³/mol. The maximum atomic E-state index is 12.6. The Bertz CT molecular complexity index is 966. The highest BCUT2D eigenvalue weighted by atomic mass is 16.6. The summed E-state index contributed by atoms with van der Waals surface area (Å²) in [6.07, 6.45) is 13.0. The molecule has 4 aliphatic carbocycles. The van der Waals surface area contributed by atoms with Gasteiger partial charge in [0.1, 0.15) is 12.4 Å². The standard InChI is InChI=1S/C26H39N5O2/c1-25-11-9-19(28-33-14-13-31-17-20(27-29-31)16-30(3)4)15-18(25)5-6-21-22-7-8-24(32)26(22,2)12-10-23(21)25/h15,17,21-23H,5-14,16H2,1-4H3. The first-order chi connectivity index (χ1) is 15.8. The smallest absolute Gasteiger partial charge is 0.139 e. The number of aromatic nitrogens is 3. The molecule has 0 spiro atoms. The molecule has 0 aliphatic heterocycles. The third-order valence-electron chi connectivity index (χ3n) is 9.34. The van der Waals surface area contributed by atoms with Crippen LogP contribution in [0.4, 0.5) is 0 Å². The predicted octanol–water partition coefficient (Wildman–Crippen LogP) is 4.24. The molecule has 7 heteroatoms. The molecule has 5 unspecified atom stereocenters. The normalized spacial score (nSPS) is 37.0. The molecule has 0 aromatic carbocycles. The first-order valence-electron chi connectivity index (χ1n) is 12.8. The third-order valence-corrected chi connectivity index (χ3v) is 9.34. The highest BCUT2D eigenvalue weighted by Crippen LogP contribution is 2.64. The molecular formula is C26H39N5O2. The number of hydrogen-bond acceptors (Lipinski definition) is 6. The van der Waals surface area contributed by atoms with E-state index in [0.29, 0.717) is 36.7 Å². The Morgan fingerprint density at radius 3 is 2.76 bits per heavy atom. The Morgan fingerprint density at radius 1 is 1.12 bits per heavy atom. The molecule has 0 saturated heterocycles. The topological polar surface area (TPSA) is 72.6 Å². The molecule has 1 heterocycles. The van der Waals surface area contributed by atoms with E-state index in [-0.39, 0.29) is 10.8 Å². The number of allylic oxidation sites excluding steroid dienone is 2. The van der Waals surface area contributed by atoms with Crippen LogP contribution in [0.5, 0.6) is 0 Å². The lowest BCUT2D eigenvalue weighted by molar-refractivity contribution is -0.132. The van der Waals surface area contributed by atoms with E-state index in [4.69, 9.17) is 4.84 Å². The lowest BCUT2D eigenvalue weighted by atomic mass is 9.47. The lowest BCUT2D eigenvalue weighted by Crippen LogP contribution is -2.50. The Morgan fingerprint density at radius 2 is 1.94 bits per heavy atom. The zero-order chi connectivity index (χ0) is 23.2. The van der Waals surface area contributed by atoms with Crippen molar-refractivity contribution in [2.45, 2.75) is 78.3 Å². The Labute approximate surface area is 197 Å². The largest absolute Gasteiger partial charge is 0.394 e. The molecule has 0 radical (unpaired) electrons. The van der Waals surface area contributed by atoms with Crippen LogP contribution in [0, 0.1) is 28.6 Å². The van der Waals surface area contributed by atoms with Crippen molar-refractivity contribution in [3.8, 4) is 0 Å². The van der Waals surface area contributed by atoms with E-state index in [0.717, 1.165) is 56.5 Å². The number of fused-ring (bicyclic) bond motifs is 5. The van der Waals surface area contributed by atoms with Gasteiger partial charge in [-0.15, -0.1) is 5.10 Å². The number of nitrogens with zero attached hydrogens (tertiary/aromatic N) is 5. The van der Waals surface area contributed by atoms with Crippen LogP contribution in [0.2, 0.25) is 0 Å². The van der Waals surface area contributed by atoms with E-state index < -0.39 is 0 Å². The molecule has 180 valence electrons. The summed E-state index contributed by atoms with van der Waals surface area (Å²) in [5.41, 5.74) is 3.83. The molecular weight excluding hydrogens is 414 g/mol. The third kappa shape index (κ3) is 4.07. The van der Waals surface area contributed by atoms with Crippen LogP contribution in [0.15, 0.2) is 23.0 Å². The maximum absolute atomic E-state index is 12.6. The van der Waals surface area contributed by atoms with Crippen molar-refractivity contribution in [3.63, 3.8) is 0 Å². The Balaban J connectivity index is 1.20. The van der Waals surface area contributed by atoms with Gasteiger partial charge in [0, 0.05) is 24.6 Å². The summed E-state index contributed by atoms with van der Waals surface area (Å²) >= 11 is 0. The van der Waals surface area contributed by atoms with E-state index in [1.165, 1.54) is 12.8 Å². The molecule has 1 aromatic heterocycles. The van der Waals surface area contributed by atoms with E-state index in [9.17, 15) is 4.79 Å². The van der Waals surface area contributed by atoms with Gasteiger partial charge in [0.25, 0.3) is 0 Å². The summed E-state index contributed by atoms with van der Waals surface area (Å²) < 4.78 is 1.82. The highest BCUT2D eigenvalue weighted by Gasteiger charge is 2.58. The van der Waals surface area contributed by atoms with Gasteiger partial charge in [-0.3, -0.25) is 4.79 Å². The summed E-state index contributed by atoms with van der Waals surface area (Å²) in [7, 11) is 4.05. The monoisotopic (exact) mass is 453 g/mol. The van der Waals surface area contributed by atoms with Gasteiger partial charge in [-0.05, 0) is 88.3 Å². The molecule has 3 saturated carbocycles. The van der Waals surface area contributed by atoms with Gasteiger partial charge in [0.2, 0.25) is 0 Å². The van der Waals surface area contributed by atoms with Crippen molar-refractivity contribution in [2.24, 2.45) is 33.7 Å². The number of oxime groups is 1. The average molecular weight is 454 g/mol. The zero-order valence-corrected chi connectivity index (χ0v) is 20.7. The van der Waals surface area contributed by atoms with E-state index in [2.05, 4.69) is 40.3 Å². The van der Waals surface area contributed by atoms with Crippen LogP contribution in [-0.2, 0) is 22.7 Å². The SMILES string of the molecule is CN(C)Cc1cn(CCON=C2C=C3CCC4C5CCC(=O)C5(C)CCC4C3(C)CC2)nn1. The first-order valence-corrected chi connectivity index (χ1v) is 12.8. The summed E-state index contributed by atoms with van der Waals surface area (Å²) in [5, 5.41) is 12.8. The molecule has 5 atom stereocenters. The van der Waals surface area contributed by atoms with Gasteiger partial charge in [0.15, 0.2) is 0 Å². The number of carbonyl (C=O) groups excluding carboxylic acids is 1. The van der Waals surface area contributed by atoms with E-state index in [1.807, 2.05) is 25.0 Å². The second kappa shape index (κ2) is 8.64. The second-order valence-corrected chi connectivity index (χ2v) is 11.5. The van der Waals surface area contributed by atoms with Crippen LogP contribution in [-0.4, -0.2) is 52.1 Å². The first kappa shape index (κ1) is 22.8. The molecule has 33 heavy (non-hydrogen) atoms. The minimum absolute atomic E-state index is 0.0365. The van der Waals surface area contributed by atoms with Gasteiger partial charge >= 0.3 is 0 Å². The fraction of sp³-hybridized carbons (Fsp3) is 0.769. The average Bonchev–Trinajstić information content (AvgIpc) is 3.34. The molecule has 4 aliphatic rings. The quantitative estimate of drug-likeness (QED) is 0.476. The number of ketones is 1. The van der Waals surface area contributed by atoms with Gasteiger partial charge < -0.3 is 9.74 Å². The van der Waals surface area contributed by atoms with Crippen LogP contribution in [0.3, 0.4) is 0 Å². The van der Waals surface area contributed by atoms with Crippen molar-refractivity contribution in [1.29, 1.82) is 0 Å². The maximum Gasteiger partial charge on any atom is 0.139 e. The molecule has 1 aromatic rings.